The maximum atomic E-state index is 6.39. The highest BCUT2D eigenvalue weighted by Crippen LogP contribution is 2.50. The Balaban J connectivity index is 1.42. The molecule has 1 aromatic carbocycles. The number of likely N-dealkylation sites (tertiary alicyclic amines) is 1. The van der Waals surface area contributed by atoms with Gasteiger partial charge in [0.25, 0.3) is 0 Å². The van der Waals surface area contributed by atoms with Crippen LogP contribution in [0.1, 0.15) is 29.3 Å². The van der Waals surface area contributed by atoms with E-state index in [0.717, 1.165) is 41.1 Å². The van der Waals surface area contributed by atoms with E-state index in [4.69, 9.17) is 4.74 Å². The number of nitrogens with zero attached hydrogens (tertiary/aromatic N) is 4. The Hall–Kier alpha value is -2.55. The van der Waals surface area contributed by atoms with Gasteiger partial charge in [-0.2, -0.15) is 0 Å². The second kappa shape index (κ2) is 6.98. The second-order valence-electron chi connectivity index (χ2n) is 8.65. The van der Waals surface area contributed by atoms with Gasteiger partial charge in [-0.05, 0) is 59.1 Å². The van der Waals surface area contributed by atoms with Gasteiger partial charge in [-0.3, -0.25) is 9.88 Å². The molecule has 4 heterocycles. The van der Waals surface area contributed by atoms with Crippen molar-refractivity contribution in [2.75, 3.05) is 20.7 Å². The summed E-state index contributed by atoms with van der Waals surface area (Å²) < 4.78 is 7.31. The summed E-state index contributed by atoms with van der Waals surface area (Å²) >= 11 is 3.48. The molecule has 8 heteroatoms. The highest BCUT2D eigenvalue weighted by molar-refractivity contribution is 9.10. The Morgan fingerprint density at radius 2 is 2.16 bits per heavy atom. The van der Waals surface area contributed by atoms with Crippen LogP contribution in [0.2, 0.25) is 0 Å². The van der Waals surface area contributed by atoms with Crippen LogP contribution in [0.5, 0.6) is 0 Å². The maximum Gasteiger partial charge on any atom is 0.162 e. The minimum atomic E-state index is -0.392. The standard InChI is InChI=1S/C23H23BrN6O/c1-30-12-15(22-27-21(28-29-22)14-6-16(24)11-25-9-14)8-23(31-2)17-4-3-5-18-20(17)13(10-26-18)7-19(23)30/h3-6,9-11,15,19,26H,7-8,12H2,1-2H3,(H,27,28,29)/t15-,19+,23-/m0/s1. The Kier molecular flexibility index (Phi) is 4.31. The van der Waals surface area contributed by atoms with E-state index in [0.29, 0.717) is 0 Å². The van der Waals surface area contributed by atoms with E-state index in [2.05, 4.69) is 77.4 Å². The minimum absolute atomic E-state index is 0.179. The molecule has 1 saturated heterocycles. The minimum Gasteiger partial charge on any atom is -0.372 e. The number of hydrogen-bond acceptors (Lipinski definition) is 5. The van der Waals surface area contributed by atoms with Crippen LogP contribution in [0, 0.1) is 0 Å². The van der Waals surface area contributed by atoms with Crippen LogP contribution in [0.15, 0.2) is 47.3 Å². The van der Waals surface area contributed by atoms with E-state index in [-0.39, 0.29) is 12.0 Å². The van der Waals surface area contributed by atoms with Gasteiger partial charge >= 0.3 is 0 Å². The van der Waals surface area contributed by atoms with E-state index in [9.17, 15) is 0 Å². The largest absolute Gasteiger partial charge is 0.372 e. The number of fused-ring (bicyclic) bond motifs is 2. The number of likely N-dealkylation sites (N-methyl/N-ethyl adjacent to an activating group) is 1. The van der Waals surface area contributed by atoms with Crippen molar-refractivity contribution >= 4 is 26.8 Å². The van der Waals surface area contributed by atoms with Crippen LogP contribution >= 0.6 is 15.9 Å². The number of methoxy groups -OCH3 is 1. The molecule has 0 radical (unpaired) electrons. The van der Waals surface area contributed by atoms with Crippen molar-refractivity contribution in [2.24, 2.45) is 0 Å². The predicted molar refractivity (Wildman–Crippen MR) is 122 cm³/mol. The smallest absolute Gasteiger partial charge is 0.162 e. The molecule has 0 saturated carbocycles. The molecule has 2 aliphatic rings. The monoisotopic (exact) mass is 478 g/mol. The highest BCUT2D eigenvalue weighted by atomic mass is 79.9. The van der Waals surface area contributed by atoms with Crippen LogP contribution in [-0.2, 0) is 16.8 Å². The van der Waals surface area contributed by atoms with Crippen LogP contribution in [0.25, 0.3) is 22.3 Å². The van der Waals surface area contributed by atoms with Crippen molar-refractivity contribution in [1.29, 1.82) is 0 Å². The number of hydrogen-bond donors (Lipinski definition) is 2. The Morgan fingerprint density at radius 3 is 3.00 bits per heavy atom. The summed E-state index contributed by atoms with van der Waals surface area (Å²) in [5.41, 5.74) is 4.34. The fourth-order valence-corrected chi connectivity index (χ4v) is 5.99. The molecule has 31 heavy (non-hydrogen) atoms. The Morgan fingerprint density at radius 1 is 1.26 bits per heavy atom. The molecule has 0 amide bonds. The predicted octanol–water partition coefficient (Wildman–Crippen LogP) is 4.00. The van der Waals surface area contributed by atoms with Crippen molar-refractivity contribution in [3.05, 3.63) is 64.3 Å². The van der Waals surface area contributed by atoms with Crippen molar-refractivity contribution in [3.8, 4) is 11.4 Å². The summed E-state index contributed by atoms with van der Waals surface area (Å²) in [6.45, 7) is 0.900. The maximum absolute atomic E-state index is 6.39. The van der Waals surface area contributed by atoms with Crippen molar-refractivity contribution in [3.63, 3.8) is 0 Å². The average molecular weight is 479 g/mol. The Bertz CT molecular complexity index is 1280. The first-order chi connectivity index (χ1) is 15.1. The van der Waals surface area contributed by atoms with Gasteiger partial charge in [0.1, 0.15) is 11.4 Å². The van der Waals surface area contributed by atoms with E-state index in [1.54, 1.807) is 12.4 Å². The van der Waals surface area contributed by atoms with Crippen LogP contribution in [-0.4, -0.2) is 56.8 Å². The molecule has 7 nitrogen and oxygen atoms in total. The number of H-pyrrole nitrogens is 2. The van der Waals surface area contributed by atoms with E-state index in [1.807, 2.05) is 13.2 Å². The lowest BCUT2D eigenvalue weighted by molar-refractivity contribution is -0.115. The zero-order valence-corrected chi connectivity index (χ0v) is 19.0. The first-order valence-corrected chi connectivity index (χ1v) is 11.3. The van der Waals surface area contributed by atoms with E-state index < -0.39 is 5.60 Å². The number of pyridine rings is 1. The lowest BCUT2D eigenvalue weighted by atomic mass is 9.68. The second-order valence-corrected chi connectivity index (χ2v) is 9.56. The SMILES string of the molecule is CO[C@]12C[C@H](c3nnc(-c4cncc(Br)c4)[nH]3)CN(C)[C@@H]1Cc1c[nH]c3cccc2c13. The molecule has 3 atom stereocenters. The van der Waals surface area contributed by atoms with Gasteiger partial charge in [0.2, 0.25) is 0 Å². The average Bonchev–Trinajstić information content (AvgIpc) is 3.43. The molecule has 2 N–H and O–H groups in total. The molecule has 1 aliphatic heterocycles. The number of rotatable bonds is 3. The van der Waals surface area contributed by atoms with Crippen LogP contribution in [0.4, 0.5) is 0 Å². The zero-order chi connectivity index (χ0) is 21.2. The normalized spacial score (nSPS) is 25.6. The van der Waals surface area contributed by atoms with Gasteiger partial charge in [-0.25, -0.2) is 0 Å². The first kappa shape index (κ1) is 19.2. The molecule has 4 aromatic rings. The zero-order valence-electron chi connectivity index (χ0n) is 17.4. The number of benzene rings is 1. The third-order valence-electron chi connectivity index (χ3n) is 7.02. The van der Waals surface area contributed by atoms with Gasteiger partial charge in [-0.1, -0.05) is 12.1 Å². The number of aromatic amines is 2. The fourth-order valence-electron chi connectivity index (χ4n) is 5.63. The third kappa shape index (κ3) is 2.82. The van der Waals surface area contributed by atoms with Gasteiger partial charge in [0, 0.05) is 65.1 Å². The van der Waals surface area contributed by atoms with Gasteiger partial charge in [0.15, 0.2) is 5.82 Å². The molecule has 6 rings (SSSR count). The lowest BCUT2D eigenvalue weighted by Gasteiger charge is -2.52. The summed E-state index contributed by atoms with van der Waals surface area (Å²) in [6.07, 6.45) is 7.54. The van der Waals surface area contributed by atoms with E-state index in [1.165, 1.54) is 22.0 Å². The highest BCUT2D eigenvalue weighted by Gasteiger charge is 2.52. The fraction of sp³-hybridized carbons (Fsp3) is 0.348. The number of aromatic nitrogens is 5. The summed E-state index contributed by atoms with van der Waals surface area (Å²) in [6, 6.07) is 8.76. The number of nitrogens with one attached hydrogen (secondary N) is 2. The summed E-state index contributed by atoms with van der Waals surface area (Å²) in [4.78, 5) is 13.6. The van der Waals surface area contributed by atoms with Gasteiger partial charge in [-0.15, -0.1) is 10.2 Å². The van der Waals surface area contributed by atoms with Gasteiger partial charge in [0.05, 0.1) is 0 Å². The molecule has 158 valence electrons. The Labute approximate surface area is 188 Å². The molecular weight excluding hydrogens is 456 g/mol. The number of ether oxygens (including phenoxy) is 1. The third-order valence-corrected chi connectivity index (χ3v) is 7.45. The summed E-state index contributed by atoms with van der Waals surface area (Å²) in [5.74, 6) is 1.81. The van der Waals surface area contributed by atoms with Crippen LogP contribution < -0.4 is 0 Å². The van der Waals surface area contributed by atoms with Crippen LogP contribution in [0.3, 0.4) is 0 Å². The summed E-state index contributed by atoms with van der Waals surface area (Å²) in [5, 5.41) is 10.3. The molecule has 0 bridgehead atoms. The van der Waals surface area contributed by atoms with Crippen molar-refractivity contribution < 1.29 is 4.74 Å². The summed E-state index contributed by atoms with van der Waals surface area (Å²) in [7, 11) is 4.04. The molecule has 0 unspecified atom stereocenters. The molecule has 1 aliphatic carbocycles. The molecular formula is C23H23BrN6O. The number of halogens is 1. The van der Waals surface area contributed by atoms with Crippen molar-refractivity contribution in [2.45, 2.75) is 30.4 Å². The molecule has 3 aromatic heterocycles. The molecule has 0 spiro atoms. The van der Waals surface area contributed by atoms with Crippen molar-refractivity contribution in [1.82, 2.24) is 30.0 Å². The lowest BCUT2D eigenvalue weighted by Crippen LogP contribution is -2.58. The topological polar surface area (TPSA) is 82.7 Å². The molecule has 1 fully saturated rings. The quantitative estimate of drug-likeness (QED) is 0.464. The first-order valence-electron chi connectivity index (χ1n) is 10.5. The van der Waals surface area contributed by atoms with E-state index >= 15 is 0 Å². The number of piperidine rings is 1. The van der Waals surface area contributed by atoms with Gasteiger partial charge < -0.3 is 14.7 Å².